The number of aryl methyl sites for hydroxylation is 1. The summed E-state index contributed by atoms with van der Waals surface area (Å²) in [7, 11) is 0. The number of thiazole rings is 1. The molecule has 1 aliphatic carbocycles. The Morgan fingerprint density at radius 1 is 1.42 bits per heavy atom. The Kier molecular flexibility index (Phi) is 3.50. The second-order valence-electron chi connectivity index (χ2n) is 5.24. The van der Waals surface area contributed by atoms with Crippen molar-refractivity contribution in [2.24, 2.45) is 0 Å². The van der Waals surface area contributed by atoms with Gasteiger partial charge in [-0.3, -0.25) is 0 Å². The molecule has 0 aliphatic heterocycles. The predicted molar refractivity (Wildman–Crippen MR) is 82.6 cm³/mol. The number of aliphatic hydroxyl groups excluding tert-OH is 1. The van der Waals surface area contributed by atoms with Gasteiger partial charge in [0.15, 0.2) is 0 Å². The number of halogens is 1. The maximum atomic E-state index is 9.71. The zero-order valence-corrected chi connectivity index (χ0v) is 13.2. The van der Waals surface area contributed by atoms with E-state index in [1.807, 2.05) is 12.1 Å². The highest BCUT2D eigenvalue weighted by molar-refractivity contribution is 9.10. The van der Waals surface area contributed by atoms with Crippen LogP contribution in [0.4, 0.5) is 0 Å². The summed E-state index contributed by atoms with van der Waals surface area (Å²) in [4.78, 5) is 5.98. The molecule has 0 spiro atoms. The van der Waals surface area contributed by atoms with Crippen LogP contribution in [-0.2, 0) is 5.41 Å². The average molecular weight is 338 g/mol. The van der Waals surface area contributed by atoms with Crippen molar-refractivity contribution in [1.82, 2.24) is 4.98 Å². The average Bonchev–Trinajstić information content (AvgIpc) is 2.72. The first-order valence-electron chi connectivity index (χ1n) is 6.49. The Labute approximate surface area is 125 Å². The van der Waals surface area contributed by atoms with E-state index in [1.54, 1.807) is 11.3 Å². The molecule has 4 heteroatoms. The van der Waals surface area contributed by atoms with E-state index in [1.165, 1.54) is 11.3 Å². The molecule has 0 radical (unpaired) electrons. The summed E-state index contributed by atoms with van der Waals surface area (Å²) in [6.07, 6.45) is 3.39. The maximum absolute atomic E-state index is 9.71. The molecule has 0 saturated heterocycles. The molecule has 1 aromatic heterocycles. The second-order valence-corrected chi connectivity index (χ2v) is 7.15. The molecule has 1 heterocycles. The Bertz CT molecular complexity index is 598. The lowest BCUT2D eigenvalue weighted by molar-refractivity contribution is 0.122. The van der Waals surface area contributed by atoms with Gasteiger partial charge in [0.1, 0.15) is 5.01 Å². The SMILES string of the molecule is Cc1nc(-c2cccc(Br)c2)sc1C1(CO)CCC1. The number of aliphatic hydroxyl groups is 1. The fraction of sp³-hybridized carbons (Fsp3) is 0.400. The molecule has 0 bridgehead atoms. The van der Waals surface area contributed by atoms with Crippen molar-refractivity contribution in [1.29, 1.82) is 0 Å². The van der Waals surface area contributed by atoms with Crippen molar-refractivity contribution in [3.05, 3.63) is 39.3 Å². The molecule has 3 rings (SSSR count). The lowest BCUT2D eigenvalue weighted by Crippen LogP contribution is -2.37. The third kappa shape index (κ3) is 2.26. The van der Waals surface area contributed by atoms with E-state index in [9.17, 15) is 5.11 Å². The van der Waals surface area contributed by atoms with E-state index in [0.717, 1.165) is 33.6 Å². The molecule has 0 atom stereocenters. The van der Waals surface area contributed by atoms with E-state index in [-0.39, 0.29) is 12.0 Å². The zero-order valence-electron chi connectivity index (χ0n) is 10.8. The molecule has 0 amide bonds. The summed E-state index contributed by atoms with van der Waals surface area (Å²) in [5.41, 5.74) is 2.21. The molecule has 100 valence electrons. The molecular weight excluding hydrogens is 322 g/mol. The first-order valence-corrected chi connectivity index (χ1v) is 8.10. The van der Waals surface area contributed by atoms with Gasteiger partial charge in [-0.25, -0.2) is 4.98 Å². The number of aromatic nitrogens is 1. The van der Waals surface area contributed by atoms with Crippen LogP contribution in [0.25, 0.3) is 10.6 Å². The van der Waals surface area contributed by atoms with Gasteiger partial charge < -0.3 is 5.11 Å². The summed E-state index contributed by atoms with van der Waals surface area (Å²) >= 11 is 5.24. The second kappa shape index (κ2) is 5.00. The minimum absolute atomic E-state index is 0.00792. The molecule has 0 unspecified atom stereocenters. The summed E-state index contributed by atoms with van der Waals surface area (Å²) in [6.45, 7) is 2.30. The first-order chi connectivity index (χ1) is 9.14. The van der Waals surface area contributed by atoms with Gasteiger partial charge in [-0.15, -0.1) is 11.3 Å². The Morgan fingerprint density at radius 2 is 2.21 bits per heavy atom. The van der Waals surface area contributed by atoms with Crippen LogP contribution in [0.15, 0.2) is 28.7 Å². The molecule has 1 aromatic carbocycles. The van der Waals surface area contributed by atoms with Gasteiger partial charge in [-0.2, -0.15) is 0 Å². The fourth-order valence-electron chi connectivity index (χ4n) is 2.69. The first kappa shape index (κ1) is 13.3. The fourth-order valence-corrected chi connectivity index (χ4v) is 4.39. The van der Waals surface area contributed by atoms with Crippen LogP contribution in [0.1, 0.15) is 29.8 Å². The minimum Gasteiger partial charge on any atom is -0.395 e. The monoisotopic (exact) mass is 337 g/mol. The minimum atomic E-state index is -0.00792. The highest BCUT2D eigenvalue weighted by atomic mass is 79.9. The van der Waals surface area contributed by atoms with Crippen molar-refractivity contribution in [2.45, 2.75) is 31.6 Å². The third-order valence-electron chi connectivity index (χ3n) is 3.96. The lowest BCUT2D eigenvalue weighted by Gasteiger charge is -2.39. The van der Waals surface area contributed by atoms with Crippen LogP contribution in [0.2, 0.25) is 0 Å². The van der Waals surface area contributed by atoms with Crippen LogP contribution in [0.5, 0.6) is 0 Å². The highest BCUT2D eigenvalue weighted by Crippen LogP contribution is 2.48. The summed E-state index contributed by atoms with van der Waals surface area (Å²) in [6, 6.07) is 8.22. The number of hydrogen-bond donors (Lipinski definition) is 1. The van der Waals surface area contributed by atoms with E-state index in [2.05, 4.69) is 35.0 Å². The molecule has 2 nitrogen and oxygen atoms in total. The topological polar surface area (TPSA) is 33.1 Å². The summed E-state index contributed by atoms with van der Waals surface area (Å²) in [5.74, 6) is 0. The normalized spacial score (nSPS) is 17.2. The van der Waals surface area contributed by atoms with Gasteiger partial charge in [-0.1, -0.05) is 34.5 Å². The van der Waals surface area contributed by atoms with Gasteiger partial charge in [0, 0.05) is 20.3 Å². The number of nitrogens with zero attached hydrogens (tertiary/aromatic N) is 1. The Balaban J connectivity index is 2.02. The Hall–Kier alpha value is -0.710. The van der Waals surface area contributed by atoms with Gasteiger partial charge in [-0.05, 0) is 31.9 Å². The molecule has 19 heavy (non-hydrogen) atoms. The van der Waals surface area contributed by atoms with Gasteiger partial charge in [0.05, 0.1) is 12.3 Å². The molecule has 1 fully saturated rings. The van der Waals surface area contributed by atoms with Crippen molar-refractivity contribution < 1.29 is 5.11 Å². The summed E-state index contributed by atoms with van der Waals surface area (Å²) in [5, 5.41) is 10.8. The van der Waals surface area contributed by atoms with Gasteiger partial charge in [0.25, 0.3) is 0 Å². The standard InChI is InChI=1S/C15H16BrNOS/c1-10-13(15(9-18)6-3-7-15)19-14(17-10)11-4-2-5-12(16)8-11/h2,4-5,8,18H,3,6-7,9H2,1H3. The van der Waals surface area contributed by atoms with Crippen molar-refractivity contribution in [2.75, 3.05) is 6.61 Å². The van der Waals surface area contributed by atoms with Gasteiger partial charge >= 0.3 is 0 Å². The predicted octanol–water partition coefficient (Wildman–Crippen LogP) is 4.30. The molecular formula is C15H16BrNOS. The van der Waals surface area contributed by atoms with Crippen molar-refractivity contribution >= 4 is 27.3 Å². The van der Waals surface area contributed by atoms with E-state index < -0.39 is 0 Å². The number of rotatable bonds is 3. The molecule has 2 aromatic rings. The van der Waals surface area contributed by atoms with E-state index in [0.29, 0.717) is 0 Å². The number of hydrogen-bond acceptors (Lipinski definition) is 3. The third-order valence-corrected chi connectivity index (χ3v) is 5.91. The quantitative estimate of drug-likeness (QED) is 0.905. The van der Waals surface area contributed by atoms with Crippen LogP contribution in [0.3, 0.4) is 0 Å². The summed E-state index contributed by atoms with van der Waals surface area (Å²) < 4.78 is 1.07. The molecule has 1 saturated carbocycles. The molecule has 1 aliphatic rings. The molecule has 1 N–H and O–H groups in total. The lowest BCUT2D eigenvalue weighted by atomic mass is 9.68. The Morgan fingerprint density at radius 3 is 2.79 bits per heavy atom. The number of benzene rings is 1. The van der Waals surface area contributed by atoms with Crippen molar-refractivity contribution in [3.63, 3.8) is 0 Å². The maximum Gasteiger partial charge on any atom is 0.123 e. The van der Waals surface area contributed by atoms with Crippen LogP contribution >= 0.6 is 27.3 Å². The van der Waals surface area contributed by atoms with Crippen molar-refractivity contribution in [3.8, 4) is 10.6 Å². The van der Waals surface area contributed by atoms with Crippen LogP contribution in [-0.4, -0.2) is 16.7 Å². The highest BCUT2D eigenvalue weighted by Gasteiger charge is 2.41. The van der Waals surface area contributed by atoms with E-state index >= 15 is 0 Å². The zero-order chi connectivity index (χ0) is 13.5. The van der Waals surface area contributed by atoms with Crippen LogP contribution < -0.4 is 0 Å². The van der Waals surface area contributed by atoms with Crippen LogP contribution in [0, 0.1) is 6.92 Å². The van der Waals surface area contributed by atoms with E-state index in [4.69, 9.17) is 4.98 Å². The van der Waals surface area contributed by atoms with Gasteiger partial charge in [0.2, 0.25) is 0 Å². The largest absolute Gasteiger partial charge is 0.395 e. The smallest absolute Gasteiger partial charge is 0.123 e.